The molecule has 0 aromatic carbocycles. The Morgan fingerprint density at radius 2 is 1.50 bits per heavy atom. The Balaban J connectivity index is 3.35. The van der Waals surface area contributed by atoms with Crippen LogP contribution in [0.4, 0.5) is 0 Å². The van der Waals surface area contributed by atoms with E-state index in [-0.39, 0.29) is 18.3 Å². The van der Waals surface area contributed by atoms with Gasteiger partial charge in [-0.3, -0.25) is 9.59 Å². The predicted octanol–water partition coefficient (Wildman–Crippen LogP) is 4.31. The first-order valence-corrected chi connectivity index (χ1v) is 9.77. The lowest BCUT2D eigenvalue weighted by atomic mass is 10.1. The Hall–Kier alpha value is -1.16. The van der Waals surface area contributed by atoms with Gasteiger partial charge in [-0.05, 0) is 31.8 Å². The highest BCUT2D eigenvalue weighted by molar-refractivity contribution is 5.89. The van der Waals surface area contributed by atoms with Crippen molar-refractivity contribution in [2.24, 2.45) is 0 Å². The van der Waals surface area contributed by atoms with Crippen LogP contribution >= 0.6 is 0 Å². The molecule has 0 fully saturated rings. The van der Waals surface area contributed by atoms with E-state index in [2.05, 4.69) is 12.2 Å². The largest absolute Gasteiger partial charge is 0.395 e. The van der Waals surface area contributed by atoms with Gasteiger partial charge in [0, 0.05) is 19.4 Å². The lowest BCUT2D eigenvalue weighted by Gasteiger charge is -2.03. The number of aliphatic hydroxyl groups is 1. The summed E-state index contributed by atoms with van der Waals surface area (Å²) in [5.74, 6) is 0.256. The minimum atomic E-state index is -0.00687. The van der Waals surface area contributed by atoms with Gasteiger partial charge in [0.1, 0.15) is 0 Å². The minimum Gasteiger partial charge on any atom is -0.395 e. The second-order valence-corrected chi connectivity index (χ2v) is 6.41. The number of amides is 1. The summed E-state index contributed by atoms with van der Waals surface area (Å²) in [6.45, 7) is 2.55. The van der Waals surface area contributed by atoms with Crippen molar-refractivity contribution in [1.29, 1.82) is 0 Å². The molecule has 0 aromatic heterocycles. The molecule has 0 saturated carbocycles. The highest BCUT2D eigenvalue weighted by atomic mass is 16.3. The van der Waals surface area contributed by atoms with Gasteiger partial charge in [-0.25, -0.2) is 0 Å². The maximum atomic E-state index is 11.7. The molecule has 0 rings (SSSR count). The average molecular weight is 340 g/mol. The fraction of sp³-hybridized carbons (Fsp3) is 0.800. The van der Waals surface area contributed by atoms with Crippen molar-refractivity contribution in [3.05, 3.63) is 12.2 Å². The first-order chi connectivity index (χ1) is 11.7. The molecule has 24 heavy (non-hydrogen) atoms. The lowest BCUT2D eigenvalue weighted by molar-refractivity contribution is -0.121. The second-order valence-electron chi connectivity index (χ2n) is 6.41. The summed E-state index contributed by atoms with van der Waals surface area (Å²) in [6.07, 6.45) is 17.3. The van der Waals surface area contributed by atoms with Crippen LogP contribution in [0, 0.1) is 0 Å². The Labute approximate surface area is 148 Å². The fourth-order valence-electron chi connectivity index (χ4n) is 2.56. The monoisotopic (exact) mass is 339 g/mol. The van der Waals surface area contributed by atoms with Crippen LogP contribution in [0.5, 0.6) is 0 Å². The number of ketones is 1. The molecule has 0 aliphatic carbocycles. The minimum absolute atomic E-state index is 0.00687. The highest BCUT2D eigenvalue weighted by Crippen LogP contribution is 2.09. The highest BCUT2D eigenvalue weighted by Gasteiger charge is 2.00. The topological polar surface area (TPSA) is 66.4 Å². The van der Waals surface area contributed by atoms with Crippen LogP contribution in [-0.2, 0) is 9.59 Å². The van der Waals surface area contributed by atoms with Crippen molar-refractivity contribution in [1.82, 2.24) is 5.32 Å². The standard InChI is InChI=1S/C20H37NO3/c1-2-3-4-5-6-8-11-14-19(23)15-12-9-7-10-13-16-20(24)21-17-18-22/h11,14,22H,2-10,12-13,15-18H2,1H3,(H,21,24)/b14-11+. The first-order valence-electron chi connectivity index (χ1n) is 9.77. The Morgan fingerprint density at radius 3 is 2.21 bits per heavy atom. The Bertz CT molecular complexity index is 340. The number of rotatable bonds is 17. The number of unbranched alkanes of at least 4 members (excludes halogenated alkanes) is 9. The van der Waals surface area contributed by atoms with Crippen molar-refractivity contribution >= 4 is 11.7 Å². The summed E-state index contributed by atoms with van der Waals surface area (Å²) < 4.78 is 0. The maximum Gasteiger partial charge on any atom is 0.220 e. The zero-order valence-corrected chi connectivity index (χ0v) is 15.5. The molecule has 0 spiro atoms. The summed E-state index contributed by atoms with van der Waals surface area (Å²) in [5.41, 5.74) is 0. The van der Waals surface area contributed by atoms with E-state index in [1.165, 1.54) is 32.1 Å². The zero-order valence-electron chi connectivity index (χ0n) is 15.5. The number of hydrogen-bond acceptors (Lipinski definition) is 3. The van der Waals surface area contributed by atoms with Crippen molar-refractivity contribution in [3.63, 3.8) is 0 Å². The molecular formula is C20H37NO3. The molecular weight excluding hydrogens is 302 g/mol. The van der Waals surface area contributed by atoms with Crippen LogP contribution in [0.3, 0.4) is 0 Å². The molecule has 0 bridgehead atoms. The van der Waals surface area contributed by atoms with E-state index in [1.54, 1.807) is 6.08 Å². The average Bonchev–Trinajstić information content (AvgIpc) is 2.58. The smallest absolute Gasteiger partial charge is 0.220 e. The molecule has 0 atom stereocenters. The third-order valence-corrected chi connectivity index (χ3v) is 4.04. The van der Waals surface area contributed by atoms with Crippen molar-refractivity contribution < 1.29 is 14.7 Å². The third-order valence-electron chi connectivity index (χ3n) is 4.04. The Kier molecular flexibility index (Phi) is 17.3. The summed E-state index contributed by atoms with van der Waals surface area (Å²) in [5, 5.41) is 11.2. The van der Waals surface area contributed by atoms with E-state index < -0.39 is 0 Å². The van der Waals surface area contributed by atoms with Crippen LogP contribution in [0.2, 0.25) is 0 Å². The molecule has 0 aromatic rings. The van der Waals surface area contributed by atoms with Crippen LogP contribution < -0.4 is 5.32 Å². The normalized spacial score (nSPS) is 11.1. The van der Waals surface area contributed by atoms with Gasteiger partial charge in [0.05, 0.1) is 6.61 Å². The predicted molar refractivity (Wildman–Crippen MR) is 99.9 cm³/mol. The van der Waals surface area contributed by atoms with E-state index >= 15 is 0 Å². The second kappa shape index (κ2) is 18.2. The molecule has 140 valence electrons. The van der Waals surface area contributed by atoms with Crippen molar-refractivity contribution in [2.75, 3.05) is 13.2 Å². The van der Waals surface area contributed by atoms with Gasteiger partial charge < -0.3 is 10.4 Å². The molecule has 1 amide bonds. The number of hydrogen-bond donors (Lipinski definition) is 2. The SMILES string of the molecule is CCCCCCC/C=C/C(=O)CCCCCCCC(=O)NCCO. The lowest BCUT2D eigenvalue weighted by Crippen LogP contribution is -2.25. The van der Waals surface area contributed by atoms with Gasteiger partial charge in [-0.1, -0.05) is 57.9 Å². The fourth-order valence-corrected chi connectivity index (χ4v) is 2.56. The quantitative estimate of drug-likeness (QED) is 0.306. The molecule has 4 heteroatoms. The van der Waals surface area contributed by atoms with Crippen LogP contribution in [0.15, 0.2) is 12.2 Å². The number of aliphatic hydroxyl groups excluding tert-OH is 1. The van der Waals surface area contributed by atoms with Gasteiger partial charge in [0.25, 0.3) is 0 Å². The summed E-state index contributed by atoms with van der Waals surface area (Å²) in [6, 6.07) is 0. The van der Waals surface area contributed by atoms with Crippen molar-refractivity contribution in [3.8, 4) is 0 Å². The van der Waals surface area contributed by atoms with E-state index in [1.807, 2.05) is 6.08 Å². The number of nitrogens with one attached hydrogen (secondary N) is 1. The van der Waals surface area contributed by atoms with Gasteiger partial charge in [0.2, 0.25) is 5.91 Å². The molecule has 0 aliphatic rings. The van der Waals surface area contributed by atoms with Crippen molar-refractivity contribution in [2.45, 2.75) is 90.4 Å². The third kappa shape index (κ3) is 17.2. The molecule has 4 nitrogen and oxygen atoms in total. The van der Waals surface area contributed by atoms with E-state index in [0.29, 0.717) is 19.4 Å². The van der Waals surface area contributed by atoms with Gasteiger partial charge in [-0.2, -0.15) is 0 Å². The van der Waals surface area contributed by atoms with Gasteiger partial charge in [-0.15, -0.1) is 0 Å². The molecule has 0 heterocycles. The number of carbonyl (C=O) groups is 2. The molecule has 0 saturated heterocycles. The molecule has 2 N–H and O–H groups in total. The maximum absolute atomic E-state index is 11.7. The van der Waals surface area contributed by atoms with E-state index in [0.717, 1.165) is 38.5 Å². The van der Waals surface area contributed by atoms with E-state index in [4.69, 9.17) is 5.11 Å². The van der Waals surface area contributed by atoms with Gasteiger partial charge >= 0.3 is 0 Å². The molecule has 0 radical (unpaired) electrons. The summed E-state index contributed by atoms with van der Waals surface area (Å²) in [7, 11) is 0. The van der Waals surface area contributed by atoms with Crippen LogP contribution in [0.1, 0.15) is 90.4 Å². The zero-order chi connectivity index (χ0) is 17.9. The molecule has 0 aliphatic heterocycles. The number of carbonyl (C=O) groups excluding carboxylic acids is 2. The van der Waals surface area contributed by atoms with E-state index in [9.17, 15) is 9.59 Å². The van der Waals surface area contributed by atoms with Crippen LogP contribution in [-0.4, -0.2) is 29.9 Å². The summed E-state index contributed by atoms with van der Waals surface area (Å²) in [4.78, 5) is 23.0. The summed E-state index contributed by atoms with van der Waals surface area (Å²) >= 11 is 0. The molecule has 0 unspecified atom stereocenters. The number of allylic oxidation sites excluding steroid dienone is 2. The van der Waals surface area contributed by atoms with Gasteiger partial charge in [0.15, 0.2) is 5.78 Å². The van der Waals surface area contributed by atoms with Crippen LogP contribution in [0.25, 0.3) is 0 Å². The first kappa shape index (κ1) is 22.8. The Morgan fingerprint density at radius 1 is 0.875 bits per heavy atom.